The van der Waals surface area contributed by atoms with E-state index in [-0.39, 0.29) is 5.41 Å². The molecule has 0 saturated carbocycles. The van der Waals surface area contributed by atoms with Crippen molar-refractivity contribution >= 4 is 82.7 Å². The Balaban J connectivity index is 1.20. The molecular weight excluding hydrogens is 841 g/mol. The Labute approximate surface area is 399 Å². The first-order valence-electron chi connectivity index (χ1n) is 23.9. The summed E-state index contributed by atoms with van der Waals surface area (Å²) in [6.45, 7) is 6.85. The van der Waals surface area contributed by atoms with Crippen molar-refractivity contribution in [2.45, 2.75) is 31.6 Å². The second kappa shape index (κ2) is 14.7. The van der Waals surface area contributed by atoms with Gasteiger partial charge in [0.2, 0.25) is 0 Å². The molecule has 4 heteroatoms. The summed E-state index contributed by atoms with van der Waals surface area (Å²) < 4.78 is 16.6. The van der Waals surface area contributed by atoms with E-state index < -0.39 is 5.41 Å². The van der Waals surface area contributed by atoms with E-state index in [0.717, 1.165) is 94.4 Å². The average Bonchev–Trinajstić information content (AvgIpc) is 4.14. The Bertz CT molecular complexity index is 4110. The molecule has 0 atom stereocenters. The van der Waals surface area contributed by atoms with Crippen LogP contribution in [0.4, 0.5) is 17.1 Å². The zero-order valence-corrected chi connectivity index (χ0v) is 38.6. The van der Waals surface area contributed by atoms with Gasteiger partial charge in [0, 0.05) is 49.4 Å². The summed E-state index contributed by atoms with van der Waals surface area (Å²) in [7, 11) is 0. The van der Waals surface area contributed by atoms with Gasteiger partial charge in [-0.05, 0) is 100.0 Å². The van der Waals surface area contributed by atoms with Crippen molar-refractivity contribution in [3.05, 3.63) is 252 Å². The third-order valence-corrected chi connectivity index (χ3v) is 14.8. The fraction of sp³-hybridized carbons (Fsp3) is 0.0769. The number of hydrogen-bond donors (Lipinski definition) is 0. The fourth-order valence-corrected chi connectivity index (χ4v) is 11.9. The van der Waals surface area contributed by atoms with E-state index in [0.29, 0.717) is 0 Å². The van der Waals surface area contributed by atoms with Crippen LogP contribution in [0.3, 0.4) is 0 Å². The van der Waals surface area contributed by atoms with Crippen LogP contribution in [0.2, 0.25) is 0 Å². The Hall–Kier alpha value is -8.60. The summed E-state index contributed by atoms with van der Waals surface area (Å²) in [4.78, 5) is 2.52. The monoisotopic (exact) mass is 886 g/mol. The number of aromatic nitrogens is 1. The molecule has 1 aliphatic carbocycles. The van der Waals surface area contributed by atoms with Crippen LogP contribution in [0.25, 0.3) is 82.5 Å². The number of fused-ring (bicyclic) bond motifs is 14. The first-order chi connectivity index (χ1) is 33.9. The first-order valence-corrected chi connectivity index (χ1v) is 23.9. The van der Waals surface area contributed by atoms with Crippen molar-refractivity contribution in [3.63, 3.8) is 0 Å². The van der Waals surface area contributed by atoms with Crippen LogP contribution < -0.4 is 4.90 Å². The zero-order chi connectivity index (χ0) is 46.0. The first kappa shape index (κ1) is 39.6. The average molecular weight is 887 g/mol. The summed E-state index contributed by atoms with van der Waals surface area (Å²) in [5.74, 6) is 0. The molecule has 0 radical (unpaired) electrons. The van der Waals surface area contributed by atoms with E-state index in [9.17, 15) is 0 Å². The minimum absolute atomic E-state index is 0.0343. The number of para-hydroxylation sites is 4. The van der Waals surface area contributed by atoms with Crippen molar-refractivity contribution < 1.29 is 8.83 Å². The molecule has 69 heavy (non-hydrogen) atoms. The van der Waals surface area contributed by atoms with Crippen LogP contribution in [-0.2, 0) is 10.8 Å². The van der Waals surface area contributed by atoms with E-state index in [2.05, 4.69) is 255 Å². The SMILES string of the molecule is CC(C)(C)c1ccc(N(c2cc3c(c4oc5ccccc5c24)-c2c(ccc4oc5ccccc5c24)C3(c2ccccc2)c2ccccc2)c2cccc3c2c2ccccc2n3-c2ccccc2)cc1. The highest BCUT2D eigenvalue weighted by Crippen LogP contribution is 2.63. The molecule has 4 nitrogen and oxygen atoms in total. The molecule has 13 aromatic rings. The minimum Gasteiger partial charge on any atom is -0.456 e. The van der Waals surface area contributed by atoms with E-state index in [1.807, 2.05) is 0 Å². The van der Waals surface area contributed by atoms with Gasteiger partial charge in [0.05, 0.1) is 33.2 Å². The molecule has 0 bridgehead atoms. The van der Waals surface area contributed by atoms with E-state index in [4.69, 9.17) is 8.83 Å². The van der Waals surface area contributed by atoms with Crippen molar-refractivity contribution in [3.8, 4) is 16.8 Å². The number of rotatable bonds is 6. The molecule has 0 fully saturated rings. The topological polar surface area (TPSA) is 34.5 Å². The van der Waals surface area contributed by atoms with Gasteiger partial charge in [-0.15, -0.1) is 0 Å². The van der Waals surface area contributed by atoms with Crippen molar-refractivity contribution in [1.82, 2.24) is 4.57 Å². The van der Waals surface area contributed by atoms with Gasteiger partial charge in [-0.25, -0.2) is 0 Å². The third kappa shape index (κ3) is 5.57. The lowest BCUT2D eigenvalue weighted by atomic mass is 9.67. The summed E-state index contributed by atoms with van der Waals surface area (Å²) in [5.41, 5.74) is 17.4. The van der Waals surface area contributed by atoms with Gasteiger partial charge in [-0.2, -0.15) is 0 Å². The maximum atomic E-state index is 7.44. The standard InChI is InChI=1S/C65H46N2O2/c1-64(2,3)41-34-36-45(37-35-41)67(53-31-19-30-52-58(53)46-26-13-16-29-51(46)66(52)44-24-11-6-12-25-44)54-40-50-62(63-59(54)47-27-14-18-33-56(47)69-63)61-49(38-39-57-60(61)48-28-15-17-32-55(48)68-57)65(50,42-20-7-4-8-21-42)43-22-9-5-10-23-43/h4-40H,1-3H3. The molecular formula is C65H46N2O2. The van der Waals surface area contributed by atoms with Crippen LogP contribution in [-0.4, -0.2) is 4.57 Å². The van der Waals surface area contributed by atoms with Gasteiger partial charge in [-0.1, -0.05) is 178 Å². The van der Waals surface area contributed by atoms with E-state index in [1.165, 1.54) is 33.0 Å². The molecule has 14 rings (SSSR count). The molecule has 328 valence electrons. The smallest absolute Gasteiger partial charge is 0.145 e. The van der Waals surface area contributed by atoms with Gasteiger partial charge < -0.3 is 18.3 Å². The van der Waals surface area contributed by atoms with E-state index in [1.54, 1.807) is 0 Å². The van der Waals surface area contributed by atoms with Gasteiger partial charge in [0.25, 0.3) is 0 Å². The van der Waals surface area contributed by atoms with Crippen molar-refractivity contribution in [2.75, 3.05) is 4.90 Å². The van der Waals surface area contributed by atoms with Crippen LogP contribution in [0.15, 0.2) is 233 Å². The molecule has 0 saturated heterocycles. The van der Waals surface area contributed by atoms with E-state index >= 15 is 0 Å². The molecule has 0 aliphatic heterocycles. The number of furan rings is 2. The maximum Gasteiger partial charge on any atom is 0.145 e. The Morgan fingerprint density at radius 2 is 1.00 bits per heavy atom. The molecule has 1 aliphatic rings. The van der Waals surface area contributed by atoms with Crippen molar-refractivity contribution in [2.24, 2.45) is 0 Å². The largest absolute Gasteiger partial charge is 0.456 e. The van der Waals surface area contributed by atoms with Crippen LogP contribution in [0.5, 0.6) is 0 Å². The van der Waals surface area contributed by atoms with Crippen LogP contribution in [0, 0.1) is 0 Å². The molecule has 3 aromatic heterocycles. The highest BCUT2D eigenvalue weighted by atomic mass is 16.3. The molecule has 0 spiro atoms. The lowest BCUT2D eigenvalue weighted by Crippen LogP contribution is -2.28. The summed E-state index contributed by atoms with van der Waals surface area (Å²) >= 11 is 0. The predicted octanol–water partition coefficient (Wildman–Crippen LogP) is 17.7. The molecule has 0 unspecified atom stereocenters. The normalized spacial score (nSPS) is 13.3. The molecule has 3 heterocycles. The Kier molecular flexibility index (Phi) is 8.43. The summed E-state index contributed by atoms with van der Waals surface area (Å²) in [6, 6.07) is 81.8. The second-order valence-corrected chi connectivity index (χ2v) is 19.6. The molecule has 0 amide bonds. The van der Waals surface area contributed by atoms with Crippen LogP contribution >= 0.6 is 0 Å². The highest BCUT2D eigenvalue weighted by molar-refractivity contribution is 6.25. The predicted molar refractivity (Wildman–Crippen MR) is 286 cm³/mol. The van der Waals surface area contributed by atoms with Gasteiger partial charge >= 0.3 is 0 Å². The number of anilines is 3. The maximum absolute atomic E-state index is 7.44. The second-order valence-electron chi connectivity index (χ2n) is 19.6. The van der Waals surface area contributed by atoms with Gasteiger partial charge in [0.15, 0.2) is 0 Å². The zero-order valence-electron chi connectivity index (χ0n) is 38.6. The van der Waals surface area contributed by atoms with Crippen molar-refractivity contribution in [1.29, 1.82) is 0 Å². The quantitative estimate of drug-likeness (QED) is 0.167. The molecule has 0 N–H and O–H groups in total. The lowest BCUT2D eigenvalue weighted by Gasteiger charge is -2.35. The minimum atomic E-state index is -0.751. The highest BCUT2D eigenvalue weighted by Gasteiger charge is 2.49. The Morgan fingerprint density at radius 3 is 1.68 bits per heavy atom. The Morgan fingerprint density at radius 1 is 0.420 bits per heavy atom. The summed E-state index contributed by atoms with van der Waals surface area (Å²) in [5, 5.41) is 6.65. The number of hydrogen-bond acceptors (Lipinski definition) is 3. The molecule has 10 aromatic carbocycles. The van der Waals surface area contributed by atoms with Gasteiger partial charge in [0.1, 0.15) is 22.3 Å². The summed E-state index contributed by atoms with van der Waals surface area (Å²) in [6.07, 6.45) is 0. The fourth-order valence-electron chi connectivity index (χ4n) is 11.9. The van der Waals surface area contributed by atoms with Gasteiger partial charge in [-0.3, -0.25) is 0 Å². The number of nitrogens with zero attached hydrogens (tertiary/aromatic N) is 2. The number of benzene rings is 10. The third-order valence-electron chi connectivity index (χ3n) is 14.8. The lowest BCUT2D eigenvalue weighted by molar-refractivity contribution is 0.590. The van der Waals surface area contributed by atoms with Crippen LogP contribution in [0.1, 0.15) is 48.6 Å².